The first-order valence-electron chi connectivity index (χ1n) is 2.11. The number of aliphatic imine (C=N–C) groups is 2. The molecule has 2 heteroatoms. The molecule has 1 aliphatic heterocycles. The Morgan fingerprint density at radius 3 is 3.00 bits per heavy atom. The molecule has 0 atom stereocenters. The maximum absolute atomic E-state index is 3.93. The van der Waals surface area contributed by atoms with Crippen molar-refractivity contribution in [3.8, 4) is 0 Å². The highest BCUT2D eigenvalue weighted by Crippen LogP contribution is 1.91. The predicted octanol–water partition coefficient (Wildman–Crippen LogP) is 0.655. The maximum atomic E-state index is 3.93. The van der Waals surface area contributed by atoms with Crippen molar-refractivity contribution in [2.75, 3.05) is 6.54 Å². The van der Waals surface area contributed by atoms with Crippen LogP contribution in [0.15, 0.2) is 22.1 Å². The molecule has 0 aromatic rings. The molecule has 0 unspecified atom stereocenters. The lowest BCUT2D eigenvalue weighted by atomic mass is 10.5. The van der Waals surface area contributed by atoms with Gasteiger partial charge in [0.25, 0.3) is 0 Å². The van der Waals surface area contributed by atoms with Gasteiger partial charge in [-0.3, -0.25) is 4.99 Å². The lowest BCUT2D eigenvalue weighted by Crippen LogP contribution is -1.78. The highest BCUT2D eigenvalue weighted by molar-refractivity contribution is 5.97. The summed E-state index contributed by atoms with van der Waals surface area (Å²) in [6.07, 6.45) is 3.80. The Kier molecular flexibility index (Phi) is 1.02. The molecule has 7 heavy (non-hydrogen) atoms. The van der Waals surface area contributed by atoms with Crippen LogP contribution in [0.1, 0.15) is 0 Å². The molecule has 0 saturated carbocycles. The SMILES string of the molecule is C=NC1=NCC=C1. The minimum Gasteiger partial charge on any atom is -0.263 e. The summed E-state index contributed by atoms with van der Waals surface area (Å²) >= 11 is 0. The average molecular weight is 94.1 g/mol. The molecule has 1 heterocycles. The third-order valence-corrected chi connectivity index (χ3v) is 0.788. The molecule has 2 nitrogen and oxygen atoms in total. The van der Waals surface area contributed by atoms with Gasteiger partial charge in [-0.2, -0.15) is 0 Å². The van der Waals surface area contributed by atoms with Crippen LogP contribution < -0.4 is 0 Å². The van der Waals surface area contributed by atoms with Crippen LogP contribution in [0, 0.1) is 0 Å². The average Bonchev–Trinajstić information content (AvgIpc) is 2.14. The molecule has 0 N–H and O–H groups in total. The van der Waals surface area contributed by atoms with Crippen molar-refractivity contribution in [1.82, 2.24) is 0 Å². The number of nitrogens with zero attached hydrogens (tertiary/aromatic N) is 2. The van der Waals surface area contributed by atoms with E-state index in [0.717, 1.165) is 12.4 Å². The van der Waals surface area contributed by atoms with E-state index in [1.165, 1.54) is 0 Å². The molecule has 1 aliphatic rings. The van der Waals surface area contributed by atoms with E-state index < -0.39 is 0 Å². The van der Waals surface area contributed by atoms with Crippen LogP contribution in [-0.2, 0) is 0 Å². The molecular weight excluding hydrogens is 88.1 g/mol. The maximum Gasteiger partial charge on any atom is 0.146 e. The Morgan fingerprint density at radius 2 is 2.71 bits per heavy atom. The Hall–Kier alpha value is -0.920. The summed E-state index contributed by atoms with van der Waals surface area (Å²) < 4.78 is 0. The van der Waals surface area contributed by atoms with E-state index in [-0.39, 0.29) is 0 Å². The summed E-state index contributed by atoms with van der Waals surface area (Å²) in [5.41, 5.74) is 0. The van der Waals surface area contributed by atoms with Gasteiger partial charge in [-0.05, 0) is 12.8 Å². The van der Waals surface area contributed by atoms with Crippen LogP contribution in [0.3, 0.4) is 0 Å². The van der Waals surface area contributed by atoms with Gasteiger partial charge < -0.3 is 0 Å². The van der Waals surface area contributed by atoms with Crippen LogP contribution in [0.2, 0.25) is 0 Å². The molecule has 0 radical (unpaired) electrons. The van der Waals surface area contributed by atoms with Crippen LogP contribution in [0.25, 0.3) is 0 Å². The van der Waals surface area contributed by atoms with Crippen molar-refractivity contribution in [3.63, 3.8) is 0 Å². The van der Waals surface area contributed by atoms with Crippen LogP contribution in [0.4, 0.5) is 0 Å². The quantitative estimate of drug-likeness (QED) is 0.394. The van der Waals surface area contributed by atoms with Gasteiger partial charge >= 0.3 is 0 Å². The summed E-state index contributed by atoms with van der Waals surface area (Å²) in [6, 6.07) is 0. The van der Waals surface area contributed by atoms with Gasteiger partial charge in [0.1, 0.15) is 5.84 Å². The largest absolute Gasteiger partial charge is 0.263 e. The number of hydrogen-bond donors (Lipinski definition) is 0. The van der Waals surface area contributed by atoms with Crippen LogP contribution in [0.5, 0.6) is 0 Å². The monoisotopic (exact) mass is 94.1 g/mol. The molecule has 0 saturated heterocycles. The Bertz CT molecular complexity index is 133. The van der Waals surface area contributed by atoms with E-state index in [1.807, 2.05) is 12.2 Å². The fourth-order valence-electron chi connectivity index (χ4n) is 0.460. The van der Waals surface area contributed by atoms with Crippen molar-refractivity contribution in [1.29, 1.82) is 0 Å². The van der Waals surface area contributed by atoms with E-state index in [1.54, 1.807) is 0 Å². The minimum absolute atomic E-state index is 0.750. The normalized spacial score (nSPS) is 16.9. The highest BCUT2D eigenvalue weighted by Gasteiger charge is 1.90. The van der Waals surface area contributed by atoms with Gasteiger partial charge in [0.15, 0.2) is 0 Å². The van der Waals surface area contributed by atoms with Gasteiger partial charge in [0, 0.05) is 0 Å². The van der Waals surface area contributed by atoms with Crippen molar-refractivity contribution < 1.29 is 0 Å². The van der Waals surface area contributed by atoms with E-state index in [0.29, 0.717) is 0 Å². The molecule has 0 aliphatic carbocycles. The zero-order valence-corrected chi connectivity index (χ0v) is 3.96. The molecule has 0 fully saturated rings. The van der Waals surface area contributed by atoms with E-state index in [4.69, 9.17) is 0 Å². The first kappa shape index (κ1) is 4.24. The minimum atomic E-state index is 0.750. The smallest absolute Gasteiger partial charge is 0.146 e. The fourth-order valence-corrected chi connectivity index (χ4v) is 0.460. The second kappa shape index (κ2) is 1.69. The van der Waals surface area contributed by atoms with Crippen molar-refractivity contribution in [2.24, 2.45) is 9.98 Å². The summed E-state index contributed by atoms with van der Waals surface area (Å²) in [6.45, 7) is 4.08. The van der Waals surface area contributed by atoms with E-state index in [9.17, 15) is 0 Å². The summed E-state index contributed by atoms with van der Waals surface area (Å²) in [5.74, 6) is 0.750. The third-order valence-electron chi connectivity index (χ3n) is 0.788. The van der Waals surface area contributed by atoms with Crippen LogP contribution >= 0.6 is 0 Å². The topological polar surface area (TPSA) is 24.7 Å². The fraction of sp³-hybridized carbons (Fsp3) is 0.200. The number of rotatable bonds is 0. The highest BCUT2D eigenvalue weighted by atomic mass is 14.9. The molecular formula is C5H6N2. The lowest BCUT2D eigenvalue weighted by molar-refractivity contribution is 1.28. The van der Waals surface area contributed by atoms with Gasteiger partial charge in [-0.1, -0.05) is 6.08 Å². The van der Waals surface area contributed by atoms with Crippen molar-refractivity contribution >= 4 is 12.6 Å². The first-order chi connectivity index (χ1) is 3.43. The first-order valence-corrected chi connectivity index (χ1v) is 2.11. The van der Waals surface area contributed by atoms with Gasteiger partial charge in [0.05, 0.1) is 6.54 Å². The third kappa shape index (κ3) is 0.738. The Labute approximate surface area is 42.3 Å². The second-order valence-electron chi connectivity index (χ2n) is 1.26. The molecule has 0 bridgehead atoms. The van der Waals surface area contributed by atoms with Crippen molar-refractivity contribution in [3.05, 3.63) is 12.2 Å². The zero-order chi connectivity index (χ0) is 5.11. The summed E-state index contributed by atoms with van der Waals surface area (Å²) in [7, 11) is 0. The number of hydrogen-bond acceptors (Lipinski definition) is 2. The summed E-state index contributed by atoms with van der Waals surface area (Å²) in [5, 5.41) is 0. The Balaban J connectivity index is 2.69. The van der Waals surface area contributed by atoms with E-state index >= 15 is 0 Å². The molecule has 0 spiro atoms. The molecule has 1 rings (SSSR count). The lowest BCUT2D eigenvalue weighted by Gasteiger charge is -1.76. The van der Waals surface area contributed by atoms with Crippen molar-refractivity contribution in [2.45, 2.75) is 0 Å². The predicted molar refractivity (Wildman–Crippen MR) is 31.0 cm³/mol. The molecule has 0 aromatic carbocycles. The molecule has 0 aromatic heterocycles. The van der Waals surface area contributed by atoms with E-state index in [2.05, 4.69) is 16.7 Å². The summed E-state index contributed by atoms with van der Waals surface area (Å²) in [4.78, 5) is 7.53. The number of amidine groups is 1. The zero-order valence-electron chi connectivity index (χ0n) is 3.96. The van der Waals surface area contributed by atoms with Gasteiger partial charge in [0.2, 0.25) is 0 Å². The Morgan fingerprint density at radius 1 is 1.86 bits per heavy atom. The standard InChI is InChI=1S/C5H6N2/c1-6-5-3-2-4-7-5/h2-3H,1,4H2. The van der Waals surface area contributed by atoms with Crippen LogP contribution in [-0.4, -0.2) is 19.1 Å². The molecule has 0 amide bonds. The van der Waals surface area contributed by atoms with Gasteiger partial charge in [-0.25, -0.2) is 4.99 Å². The second-order valence-corrected chi connectivity index (χ2v) is 1.26. The van der Waals surface area contributed by atoms with Gasteiger partial charge in [-0.15, -0.1) is 0 Å². The molecule has 36 valence electrons.